The van der Waals surface area contributed by atoms with Crippen molar-refractivity contribution in [3.8, 4) is 5.75 Å². The summed E-state index contributed by atoms with van der Waals surface area (Å²) in [5.74, 6) is 0.0151. The topological polar surface area (TPSA) is 52.6 Å². The number of rotatable bonds is 3. The van der Waals surface area contributed by atoms with Gasteiger partial charge in [0.1, 0.15) is 17.4 Å². The van der Waals surface area contributed by atoms with Gasteiger partial charge in [-0.3, -0.25) is 4.79 Å². The van der Waals surface area contributed by atoms with E-state index in [4.69, 9.17) is 9.47 Å². The molecule has 0 heterocycles. The van der Waals surface area contributed by atoms with E-state index in [9.17, 15) is 9.59 Å². The molecule has 0 aromatic heterocycles. The molecule has 0 spiro atoms. The first-order valence-electron chi connectivity index (χ1n) is 8.24. The molecule has 3 atom stereocenters. The van der Waals surface area contributed by atoms with Crippen LogP contribution in [0.2, 0.25) is 0 Å². The molecule has 0 N–H and O–H groups in total. The van der Waals surface area contributed by atoms with Gasteiger partial charge in [-0.25, -0.2) is 4.79 Å². The molecule has 1 aromatic rings. The largest absolute Gasteiger partial charge is 0.458 e. The molecule has 2 fully saturated rings. The summed E-state index contributed by atoms with van der Waals surface area (Å²) < 4.78 is 11.0. The molecule has 2 aliphatic carbocycles. The molecule has 3 rings (SSSR count). The Hall–Kier alpha value is -1.84. The second-order valence-electron chi connectivity index (χ2n) is 7.59. The minimum atomic E-state index is -0.446. The van der Waals surface area contributed by atoms with Crippen molar-refractivity contribution in [1.29, 1.82) is 0 Å². The molecular formula is C19H24O4. The van der Waals surface area contributed by atoms with Crippen LogP contribution in [-0.4, -0.2) is 18.0 Å². The van der Waals surface area contributed by atoms with Crippen LogP contribution in [-0.2, 0) is 9.53 Å². The lowest BCUT2D eigenvalue weighted by Crippen LogP contribution is -2.38. The summed E-state index contributed by atoms with van der Waals surface area (Å²) in [5, 5.41) is 0. The van der Waals surface area contributed by atoms with E-state index in [0.717, 1.165) is 12.8 Å². The van der Waals surface area contributed by atoms with E-state index in [1.54, 1.807) is 24.3 Å². The van der Waals surface area contributed by atoms with Crippen LogP contribution in [0.3, 0.4) is 0 Å². The Labute approximate surface area is 137 Å². The van der Waals surface area contributed by atoms with E-state index in [1.165, 1.54) is 13.3 Å². The van der Waals surface area contributed by atoms with Crippen molar-refractivity contribution < 1.29 is 19.1 Å². The zero-order valence-corrected chi connectivity index (χ0v) is 14.2. The number of carbonyl (C=O) groups is 2. The minimum absolute atomic E-state index is 0.0176. The van der Waals surface area contributed by atoms with Crippen LogP contribution in [0.15, 0.2) is 24.3 Å². The van der Waals surface area contributed by atoms with Crippen molar-refractivity contribution in [2.75, 3.05) is 0 Å². The van der Waals surface area contributed by atoms with Gasteiger partial charge in [-0.2, -0.15) is 0 Å². The van der Waals surface area contributed by atoms with E-state index in [0.29, 0.717) is 11.5 Å². The van der Waals surface area contributed by atoms with Crippen LogP contribution in [0.25, 0.3) is 0 Å². The van der Waals surface area contributed by atoms with Gasteiger partial charge in [-0.05, 0) is 42.7 Å². The number of carbonyl (C=O) groups excluding carboxylic acids is 2. The fourth-order valence-electron chi connectivity index (χ4n) is 4.38. The first kappa shape index (κ1) is 16.0. The SMILES string of the molecule is CC(=O)Oc1ccccc1C(=O)O[C@@H]1C[C@H]2CC[C@]1(C)C2(C)C. The molecule has 4 heteroatoms. The van der Waals surface area contributed by atoms with Crippen molar-refractivity contribution in [3.63, 3.8) is 0 Å². The molecule has 124 valence electrons. The number of hydrogen-bond acceptors (Lipinski definition) is 4. The fraction of sp³-hybridized carbons (Fsp3) is 0.579. The molecule has 0 saturated heterocycles. The molecule has 0 unspecified atom stereocenters. The highest BCUT2D eigenvalue weighted by Crippen LogP contribution is 2.66. The Morgan fingerprint density at radius 3 is 2.43 bits per heavy atom. The first-order valence-corrected chi connectivity index (χ1v) is 8.24. The number of fused-ring (bicyclic) bond motifs is 2. The maximum absolute atomic E-state index is 12.6. The molecule has 2 bridgehead atoms. The quantitative estimate of drug-likeness (QED) is 0.625. The van der Waals surface area contributed by atoms with Gasteiger partial charge >= 0.3 is 11.9 Å². The molecular weight excluding hydrogens is 292 g/mol. The average Bonchev–Trinajstić information content (AvgIpc) is 2.80. The van der Waals surface area contributed by atoms with Crippen molar-refractivity contribution in [1.82, 2.24) is 0 Å². The lowest BCUT2D eigenvalue weighted by molar-refractivity contribution is -0.131. The summed E-state index contributed by atoms with van der Waals surface area (Å²) in [6.45, 7) is 8.12. The van der Waals surface area contributed by atoms with Gasteiger partial charge in [0.25, 0.3) is 0 Å². The third kappa shape index (κ3) is 2.44. The summed E-state index contributed by atoms with van der Waals surface area (Å²) >= 11 is 0. The predicted molar refractivity (Wildman–Crippen MR) is 86.2 cm³/mol. The molecule has 2 aliphatic rings. The lowest BCUT2D eigenvalue weighted by atomic mass is 9.70. The Bertz CT molecular complexity index is 649. The highest BCUT2D eigenvalue weighted by molar-refractivity contribution is 5.93. The third-order valence-electron chi connectivity index (χ3n) is 6.32. The van der Waals surface area contributed by atoms with Crippen molar-refractivity contribution >= 4 is 11.9 Å². The normalized spacial score (nSPS) is 31.0. The molecule has 23 heavy (non-hydrogen) atoms. The summed E-state index contributed by atoms with van der Waals surface area (Å²) in [4.78, 5) is 23.8. The standard InChI is InChI=1S/C19H24O4/c1-12(20)22-15-8-6-5-7-14(15)17(21)23-16-11-13-9-10-19(16,4)18(13,2)3/h5-8,13,16H,9-11H2,1-4H3/t13-,16-,19+/m1/s1. The molecule has 0 aliphatic heterocycles. The monoisotopic (exact) mass is 316 g/mol. The van der Waals surface area contributed by atoms with Crippen LogP contribution in [0.4, 0.5) is 0 Å². The van der Waals surface area contributed by atoms with E-state index < -0.39 is 11.9 Å². The molecule has 0 radical (unpaired) electrons. The van der Waals surface area contributed by atoms with Crippen LogP contribution >= 0.6 is 0 Å². The van der Waals surface area contributed by atoms with Gasteiger partial charge in [-0.1, -0.05) is 32.9 Å². The summed E-state index contributed by atoms with van der Waals surface area (Å²) in [5.41, 5.74) is 0.517. The van der Waals surface area contributed by atoms with Gasteiger partial charge in [0, 0.05) is 12.3 Å². The van der Waals surface area contributed by atoms with Gasteiger partial charge in [0.05, 0.1) is 0 Å². The maximum Gasteiger partial charge on any atom is 0.342 e. The van der Waals surface area contributed by atoms with Crippen LogP contribution in [0.5, 0.6) is 5.75 Å². The van der Waals surface area contributed by atoms with Gasteiger partial charge in [0.15, 0.2) is 0 Å². The van der Waals surface area contributed by atoms with Gasteiger partial charge < -0.3 is 9.47 Å². The predicted octanol–water partition coefficient (Wildman–Crippen LogP) is 3.98. The van der Waals surface area contributed by atoms with Crippen LogP contribution < -0.4 is 4.74 Å². The Balaban J connectivity index is 1.80. The number of hydrogen-bond donors (Lipinski definition) is 0. The van der Waals surface area contributed by atoms with Crippen LogP contribution in [0, 0.1) is 16.7 Å². The number of esters is 2. The molecule has 4 nitrogen and oxygen atoms in total. The van der Waals surface area contributed by atoms with Gasteiger partial charge in [-0.15, -0.1) is 0 Å². The first-order chi connectivity index (χ1) is 10.8. The highest BCUT2D eigenvalue weighted by Gasteiger charge is 2.62. The minimum Gasteiger partial charge on any atom is -0.458 e. The summed E-state index contributed by atoms with van der Waals surface area (Å²) in [6.07, 6.45) is 3.15. The lowest BCUT2D eigenvalue weighted by Gasteiger charge is -2.38. The Morgan fingerprint density at radius 1 is 1.17 bits per heavy atom. The molecule has 1 aromatic carbocycles. The van der Waals surface area contributed by atoms with Crippen LogP contribution in [0.1, 0.15) is 57.3 Å². The summed E-state index contributed by atoms with van der Waals surface area (Å²) in [6, 6.07) is 6.73. The van der Waals surface area contributed by atoms with E-state index >= 15 is 0 Å². The smallest absolute Gasteiger partial charge is 0.342 e. The fourth-order valence-corrected chi connectivity index (χ4v) is 4.38. The maximum atomic E-state index is 12.6. The van der Waals surface area contributed by atoms with Gasteiger partial charge in [0.2, 0.25) is 0 Å². The van der Waals surface area contributed by atoms with Crippen molar-refractivity contribution in [2.45, 2.75) is 53.1 Å². The number of benzene rings is 1. The second kappa shape index (κ2) is 5.36. The van der Waals surface area contributed by atoms with E-state index in [1.807, 2.05) is 0 Å². The second-order valence-corrected chi connectivity index (χ2v) is 7.59. The third-order valence-corrected chi connectivity index (χ3v) is 6.32. The number of para-hydroxylation sites is 1. The Kier molecular flexibility index (Phi) is 3.74. The number of ether oxygens (including phenoxy) is 2. The van der Waals surface area contributed by atoms with E-state index in [2.05, 4.69) is 20.8 Å². The highest BCUT2D eigenvalue weighted by atomic mass is 16.6. The average molecular weight is 316 g/mol. The Morgan fingerprint density at radius 2 is 1.87 bits per heavy atom. The van der Waals surface area contributed by atoms with Crippen molar-refractivity contribution in [3.05, 3.63) is 29.8 Å². The molecule has 2 saturated carbocycles. The van der Waals surface area contributed by atoms with E-state index in [-0.39, 0.29) is 22.7 Å². The van der Waals surface area contributed by atoms with Crippen molar-refractivity contribution in [2.24, 2.45) is 16.7 Å². The summed E-state index contributed by atoms with van der Waals surface area (Å²) in [7, 11) is 0. The zero-order valence-electron chi connectivity index (χ0n) is 14.2. The zero-order chi connectivity index (χ0) is 16.8. The molecule has 0 amide bonds.